The molecule has 0 spiro atoms. The van der Waals surface area contributed by atoms with Crippen LogP contribution in [-0.2, 0) is 4.74 Å². The van der Waals surface area contributed by atoms with Crippen molar-refractivity contribution in [1.29, 1.82) is 0 Å². The molecule has 1 aliphatic heterocycles. The molecule has 0 radical (unpaired) electrons. The van der Waals surface area contributed by atoms with Gasteiger partial charge < -0.3 is 15.0 Å². The summed E-state index contributed by atoms with van der Waals surface area (Å²) in [5, 5.41) is 15.3. The third-order valence-electron chi connectivity index (χ3n) is 6.83. The molecule has 0 unspecified atom stereocenters. The van der Waals surface area contributed by atoms with Gasteiger partial charge in [-0.1, -0.05) is 66.7 Å². The van der Waals surface area contributed by atoms with Crippen molar-refractivity contribution in [3.63, 3.8) is 0 Å². The van der Waals surface area contributed by atoms with Crippen LogP contribution < -0.4 is 10.2 Å². The van der Waals surface area contributed by atoms with E-state index in [4.69, 9.17) is 4.74 Å². The normalized spacial score (nSPS) is 13.7. The van der Waals surface area contributed by atoms with Gasteiger partial charge in [-0.2, -0.15) is 0 Å². The SMILES string of the molecule is CCOC(=O)c1cccc(Nc2ncnc(N3CCN(C(c4ccccc4)c4ccccc4)CC3)c2[N+](=O)[O-])c1. The molecule has 1 fully saturated rings. The van der Waals surface area contributed by atoms with Gasteiger partial charge in [0.15, 0.2) is 0 Å². The number of carbonyl (C=O) groups excluding carboxylic acids is 1. The summed E-state index contributed by atoms with van der Waals surface area (Å²) in [6, 6.07) is 27.4. The predicted octanol–water partition coefficient (Wildman–Crippen LogP) is 5.22. The highest BCUT2D eigenvalue weighted by molar-refractivity contribution is 5.91. The molecule has 1 aromatic heterocycles. The largest absolute Gasteiger partial charge is 0.462 e. The Bertz CT molecular complexity index is 1420. The highest BCUT2D eigenvalue weighted by Crippen LogP contribution is 2.36. The van der Waals surface area contributed by atoms with Crippen LogP contribution in [-0.4, -0.2) is 58.5 Å². The minimum atomic E-state index is -0.466. The average Bonchev–Trinajstić information content (AvgIpc) is 2.99. The van der Waals surface area contributed by atoms with Gasteiger partial charge in [0.05, 0.1) is 23.1 Å². The second-order valence-corrected chi connectivity index (χ2v) is 9.32. The number of aromatic nitrogens is 2. The maximum atomic E-state index is 12.3. The van der Waals surface area contributed by atoms with E-state index in [9.17, 15) is 14.9 Å². The molecule has 10 nitrogen and oxygen atoms in total. The Morgan fingerprint density at radius 2 is 1.60 bits per heavy atom. The fourth-order valence-corrected chi connectivity index (χ4v) is 5.01. The second-order valence-electron chi connectivity index (χ2n) is 9.32. The molecule has 1 saturated heterocycles. The molecule has 5 rings (SSSR count). The van der Waals surface area contributed by atoms with Crippen molar-refractivity contribution >= 4 is 29.0 Å². The molecule has 0 bridgehead atoms. The lowest BCUT2D eigenvalue weighted by atomic mass is 9.96. The number of nitro groups is 1. The van der Waals surface area contributed by atoms with Gasteiger partial charge >= 0.3 is 11.7 Å². The highest BCUT2D eigenvalue weighted by atomic mass is 16.6. The second kappa shape index (κ2) is 12.4. The van der Waals surface area contributed by atoms with Gasteiger partial charge in [0.1, 0.15) is 6.33 Å². The van der Waals surface area contributed by atoms with Crippen molar-refractivity contribution in [3.8, 4) is 0 Å². The first-order valence-corrected chi connectivity index (χ1v) is 13.2. The zero-order chi connectivity index (χ0) is 27.9. The fraction of sp³-hybridized carbons (Fsp3) is 0.233. The Balaban J connectivity index is 1.37. The lowest BCUT2D eigenvalue weighted by molar-refractivity contribution is -0.383. The highest BCUT2D eigenvalue weighted by Gasteiger charge is 2.32. The summed E-state index contributed by atoms with van der Waals surface area (Å²) >= 11 is 0. The predicted molar refractivity (Wildman–Crippen MR) is 153 cm³/mol. The molecule has 1 N–H and O–H groups in total. The standard InChI is InChI=1S/C30H30N6O4/c1-2-40-30(37)24-14-9-15-25(20-24)33-28-27(36(38)39)29(32-21-31-28)35-18-16-34(17-19-35)26(22-10-5-3-6-11-22)23-12-7-4-8-13-23/h3-15,20-21,26H,2,16-19H2,1H3,(H,31,32,33). The molecule has 0 amide bonds. The van der Waals surface area contributed by atoms with E-state index >= 15 is 0 Å². The molecular formula is C30H30N6O4. The van der Waals surface area contributed by atoms with Crippen molar-refractivity contribution in [2.45, 2.75) is 13.0 Å². The van der Waals surface area contributed by atoms with E-state index < -0.39 is 10.9 Å². The first kappa shape index (κ1) is 26.8. The van der Waals surface area contributed by atoms with Gasteiger partial charge in [-0.15, -0.1) is 0 Å². The summed E-state index contributed by atoms with van der Waals surface area (Å²) in [5.74, 6) is -0.143. The van der Waals surface area contributed by atoms with Gasteiger partial charge in [0, 0.05) is 31.9 Å². The Labute approximate surface area is 232 Å². The molecule has 0 saturated carbocycles. The molecule has 0 atom stereocenters. The summed E-state index contributed by atoms with van der Waals surface area (Å²) in [4.78, 5) is 36.8. The van der Waals surface area contributed by atoms with Crippen LogP contribution >= 0.6 is 0 Å². The van der Waals surface area contributed by atoms with Crippen LogP contribution in [0.25, 0.3) is 0 Å². The van der Waals surface area contributed by atoms with E-state index in [1.165, 1.54) is 17.5 Å². The Morgan fingerprint density at radius 1 is 0.950 bits per heavy atom. The number of anilines is 3. The van der Waals surface area contributed by atoms with E-state index in [0.29, 0.717) is 37.4 Å². The number of hydrogen-bond acceptors (Lipinski definition) is 9. The third kappa shape index (κ3) is 5.92. The summed E-state index contributed by atoms with van der Waals surface area (Å²) in [6.07, 6.45) is 1.32. The van der Waals surface area contributed by atoms with Crippen LogP contribution in [0.2, 0.25) is 0 Å². The summed E-state index contributed by atoms with van der Waals surface area (Å²) in [5.41, 5.74) is 3.02. The number of nitrogens with zero attached hydrogens (tertiary/aromatic N) is 5. The Morgan fingerprint density at radius 3 is 2.20 bits per heavy atom. The molecular weight excluding hydrogens is 508 g/mol. The van der Waals surface area contributed by atoms with E-state index in [-0.39, 0.29) is 30.0 Å². The van der Waals surface area contributed by atoms with Crippen molar-refractivity contribution in [2.24, 2.45) is 0 Å². The lowest BCUT2D eigenvalue weighted by Gasteiger charge is -2.40. The van der Waals surface area contributed by atoms with Crippen LogP contribution in [0.3, 0.4) is 0 Å². The zero-order valence-corrected chi connectivity index (χ0v) is 22.1. The number of benzene rings is 3. The number of esters is 1. The van der Waals surface area contributed by atoms with Crippen molar-refractivity contribution in [1.82, 2.24) is 14.9 Å². The van der Waals surface area contributed by atoms with Crippen LogP contribution in [0.4, 0.5) is 23.0 Å². The molecule has 4 aromatic rings. The molecule has 204 valence electrons. The number of ether oxygens (including phenoxy) is 1. The number of carbonyl (C=O) groups is 1. The number of piperazine rings is 1. The first-order chi connectivity index (χ1) is 19.5. The molecule has 40 heavy (non-hydrogen) atoms. The number of hydrogen-bond donors (Lipinski definition) is 1. The average molecular weight is 539 g/mol. The molecule has 0 aliphatic carbocycles. The van der Waals surface area contributed by atoms with Gasteiger partial charge in [0.2, 0.25) is 11.6 Å². The van der Waals surface area contributed by atoms with Gasteiger partial charge in [-0.25, -0.2) is 14.8 Å². The molecule has 2 heterocycles. The summed E-state index contributed by atoms with van der Waals surface area (Å²) in [6.45, 7) is 4.49. The summed E-state index contributed by atoms with van der Waals surface area (Å²) in [7, 11) is 0. The van der Waals surface area contributed by atoms with E-state index in [0.717, 1.165) is 0 Å². The summed E-state index contributed by atoms with van der Waals surface area (Å²) < 4.78 is 5.06. The van der Waals surface area contributed by atoms with Crippen LogP contribution in [0.5, 0.6) is 0 Å². The van der Waals surface area contributed by atoms with Crippen molar-refractivity contribution in [3.05, 3.63) is 118 Å². The van der Waals surface area contributed by atoms with Gasteiger partial charge in [0.25, 0.3) is 0 Å². The quantitative estimate of drug-likeness (QED) is 0.174. The van der Waals surface area contributed by atoms with Crippen LogP contribution in [0, 0.1) is 10.1 Å². The Kier molecular flexibility index (Phi) is 8.26. The minimum absolute atomic E-state index is 0.0601. The van der Waals surface area contributed by atoms with Crippen LogP contribution in [0.15, 0.2) is 91.3 Å². The van der Waals surface area contributed by atoms with Gasteiger partial charge in [-0.3, -0.25) is 15.0 Å². The zero-order valence-electron chi connectivity index (χ0n) is 22.1. The molecule has 3 aromatic carbocycles. The van der Waals surface area contributed by atoms with Crippen molar-refractivity contribution in [2.75, 3.05) is 43.0 Å². The van der Waals surface area contributed by atoms with E-state index in [2.05, 4.69) is 44.5 Å². The Hall–Kier alpha value is -4.83. The monoisotopic (exact) mass is 538 g/mol. The maximum absolute atomic E-state index is 12.3. The fourth-order valence-electron chi connectivity index (χ4n) is 5.01. The maximum Gasteiger partial charge on any atom is 0.353 e. The third-order valence-corrected chi connectivity index (χ3v) is 6.83. The molecule has 10 heteroatoms. The van der Waals surface area contributed by atoms with E-state index in [1.54, 1.807) is 31.2 Å². The number of nitrogens with one attached hydrogen (secondary N) is 1. The topological polar surface area (TPSA) is 114 Å². The minimum Gasteiger partial charge on any atom is -0.462 e. The molecule has 1 aliphatic rings. The van der Waals surface area contributed by atoms with Gasteiger partial charge in [-0.05, 0) is 36.2 Å². The van der Waals surface area contributed by atoms with Crippen molar-refractivity contribution < 1.29 is 14.5 Å². The van der Waals surface area contributed by atoms with Crippen LogP contribution in [0.1, 0.15) is 34.5 Å². The smallest absolute Gasteiger partial charge is 0.353 e. The lowest BCUT2D eigenvalue weighted by Crippen LogP contribution is -2.48. The first-order valence-electron chi connectivity index (χ1n) is 13.2. The number of rotatable bonds is 9. The van der Waals surface area contributed by atoms with E-state index in [1.807, 2.05) is 41.3 Å².